The SMILES string of the molecule is CCN1CCc2cc(C3(N=C=O)CC3)ccc21. The number of carbonyl (C=O) groups excluding carboxylic acids is 1. The summed E-state index contributed by atoms with van der Waals surface area (Å²) >= 11 is 0. The second-order valence-electron chi connectivity index (χ2n) is 4.91. The van der Waals surface area contributed by atoms with Crippen LogP contribution in [-0.2, 0) is 16.8 Å². The number of hydrogen-bond donors (Lipinski definition) is 0. The lowest BCUT2D eigenvalue weighted by Gasteiger charge is -2.17. The highest BCUT2D eigenvalue weighted by atomic mass is 16.1. The first kappa shape index (κ1) is 10.5. The Balaban J connectivity index is 1.98. The van der Waals surface area contributed by atoms with Gasteiger partial charge in [-0.1, -0.05) is 12.1 Å². The summed E-state index contributed by atoms with van der Waals surface area (Å²) in [6.07, 6.45) is 4.80. The summed E-state index contributed by atoms with van der Waals surface area (Å²) in [5, 5.41) is 0. The van der Waals surface area contributed by atoms with Crippen molar-refractivity contribution in [1.29, 1.82) is 0 Å². The summed E-state index contributed by atoms with van der Waals surface area (Å²) in [4.78, 5) is 16.8. The van der Waals surface area contributed by atoms with Crippen molar-refractivity contribution in [3.05, 3.63) is 29.3 Å². The van der Waals surface area contributed by atoms with E-state index >= 15 is 0 Å². The van der Waals surface area contributed by atoms with Crippen molar-refractivity contribution in [3.63, 3.8) is 0 Å². The Kier molecular flexibility index (Phi) is 2.30. The van der Waals surface area contributed by atoms with Crippen LogP contribution in [0.2, 0.25) is 0 Å². The molecule has 1 saturated carbocycles. The number of hydrogen-bond acceptors (Lipinski definition) is 3. The molecule has 0 radical (unpaired) electrons. The zero-order chi connectivity index (χ0) is 11.9. The lowest BCUT2D eigenvalue weighted by Crippen LogP contribution is -2.19. The van der Waals surface area contributed by atoms with Gasteiger partial charge < -0.3 is 4.90 Å². The smallest absolute Gasteiger partial charge is 0.235 e. The average molecular weight is 228 g/mol. The number of isocyanates is 1. The summed E-state index contributed by atoms with van der Waals surface area (Å²) in [5.74, 6) is 0. The maximum atomic E-state index is 10.5. The maximum absolute atomic E-state index is 10.5. The molecule has 0 spiro atoms. The van der Waals surface area contributed by atoms with Crippen LogP contribution in [-0.4, -0.2) is 19.2 Å². The minimum absolute atomic E-state index is 0.226. The molecule has 0 bridgehead atoms. The second-order valence-corrected chi connectivity index (χ2v) is 4.91. The molecule has 1 heterocycles. The summed E-state index contributed by atoms with van der Waals surface area (Å²) in [6, 6.07) is 6.54. The molecule has 0 amide bonds. The monoisotopic (exact) mass is 228 g/mol. The van der Waals surface area contributed by atoms with Gasteiger partial charge >= 0.3 is 0 Å². The third-order valence-electron chi connectivity index (χ3n) is 3.97. The summed E-state index contributed by atoms with van der Waals surface area (Å²) in [5.41, 5.74) is 3.72. The van der Waals surface area contributed by atoms with Gasteiger partial charge in [0.15, 0.2) is 0 Å². The topological polar surface area (TPSA) is 32.7 Å². The van der Waals surface area contributed by atoms with Gasteiger partial charge in [-0.2, -0.15) is 4.99 Å². The van der Waals surface area contributed by atoms with E-state index in [1.165, 1.54) is 16.8 Å². The molecule has 0 atom stereocenters. The first-order valence-electron chi connectivity index (χ1n) is 6.26. The van der Waals surface area contributed by atoms with Gasteiger partial charge in [0.25, 0.3) is 0 Å². The van der Waals surface area contributed by atoms with Crippen LogP contribution in [0.4, 0.5) is 5.69 Å². The lowest BCUT2D eigenvalue weighted by atomic mass is 10.0. The van der Waals surface area contributed by atoms with Crippen molar-refractivity contribution >= 4 is 11.8 Å². The van der Waals surface area contributed by atoms with Gasteiger partial charge in [0.1, 0.15) is 0 Å². The van der Waals surface area contributed by atoms with Crippen LogP contribution in [0.1, 0.15) is 30.9 Å². The summed E-state index contributed by atoms with van der Waals surface area (Å²) in [6.45, 7) is 4.35. The molecular formula is C14H16N2O. The number of likely N-dealkylation sites (N-methyl/N-ethyl adjacent to an activating group) is 1. The highest BCUT2D eigenvalue weighted by molar-refractivity contribution is 5.60. The van der Waals surface area contributed by atoms with Crippen LogP contribution in [0.15, 0.2) is 23.2 Å². The van der Waals surface area contributed by atoms with Crippen molar-refractivity contribution in [2.75, 3.05) is 18.0 Å². The predicted molar refractivity (Wildman–Crippen MR) is 67.1 cm³/mol. The maximum Gasteiger partial charge on any atom is 0.235 e. The Labute approximate surface area is 101 Å². The molecule has 1 aromatic rings. The Bertz CT molecular complexity index is 499. The van der Waals surface area contributed by atoms with Crippen LogP contribution >= 0.6 is 0 Å². The second kappa shape index (κ2) is 3.71. The summed E-state index contributed by atoms with van der Waals surface area (Å²) < 4.78 is 0. The number of anilines is 1. The predicted octanol–water partition coefficient (Wildman–Crippen LogP) is 2.39. The highest BCUT2D eigenvalue weighted by Gasteiger charge is 2.45. The van der Waals surface area contributed by atoms with Gasteiger partial charge in [-0.05, 0) is 43.4 Å². The Morgan fingerprint density at radius 2 is 2.29 bits per heavy atom. The van der Waals surface area contributed by atoms with Crippen LogP contribution in [0.3, 0.4) is 0 Å². The number of fused-ring (bicyclic) bond motifs is 1. The number of aliphatic imine (C=N–C) groups is 1. The molecule has 1 aromatic carbocycles. The van der Waals surface area contributed by atoms with Gasteiger partial charge in [-0.3, -0.25) is 0 Å². The Morgan fingerprint density at radius 3 is 2.94 bits per heavy atom. The van der Waals surface area contributed by atoms with E-state index in [9.17, 15) is 4.79 Å². The minimum Gasteiger partial charge on any atom is -0.371 e. The summed E-state index contributed by atoms with van der Waals surface area (Å²) in [7, 11) is 0. The quantitative estimate of drug-likeness (QED) is 0.588. The largest absolute Gasteiger partial charge is 0.371 e. The first-order valence-corrected chi connectivity index (χ1v) is 6.26. The Morgan fingerprint density at radius 1 is 1.47 bits per heavy atom. The molecule has 88 valence electrons. The third-order valence-corrected chi connectivity index (χ3v) is 3.97. The van der Waals surface area contributed by atoms with Crippen molar-refractivity contribution in [2.45, 2.75) is 31.7 Å². The number of benzene rings is 1. The van der Waals surface area contributed by atoms with Crippen LogP contribution in [0.25, 0.3) is 0 Å². The van der Waals surface area contributed by atoms with E-state index in [-0.39, 0.29) is 5.54 Å². The fourth-order valence-electron chi connectivity index (χ4n) is 2.76. The molecule has 17 heavy (non-hydrogen) atoms. The fourth-order valence-corrected chi connectivity index (χ4v) is 2.76. The molecule has 2 aliphatic rings. The van der Waals surface area contributed by atoms with Crippen molar-refractivity contribution < 1.29 is 4.79 Å². The normalized spacial score (nSPS) is 19.7. The van der Waals surface area contributed by atoms with Crippen LogP contribution < -0.4 is 4.90 Å². The molecule has 3 heteroatoms. The van der Waals surface area contributed by atoms with Gasteiger partial charge in [-0.25, -0.2) is 4.79 Å². The number of nitrogens with zero attached hydrogens (tertiary/aromatic N) is 2. The molecule has 3 nitrogen and oxygen atoms in total. The van der Waals surface area contributed by atoms with E-state index in [1.807, 2.05) is 0 Å². The molecule has 0 saturated heterocycles. The van der Waals surface area contributed by atoms with Crippen LogP contribution in [0.5, 0.6) is 0 Å². The van der Waals surface area contributed by atoms with E-state index < -0.39 is 0 Å². The van der Waals surface area contributed by atoms with Gasteiger partial charge in [0.05, 0.1) is 5.54 Å². The zero-order valence-corrected chi connectivity index (χ0v) is 10.1. The third kappa shape index (κ3) is 1.58. The molecule has 0 N–H and O–H groups in total. The first-order chi connectivity index (χ1) is 8.29. The minimum atomic E-state index is -0.226. The molecular weight excluding hydrogens is 212 g/mol. The van der Waals surface area contributed by atoms with Crippen molar-refractivity contribution in [3.8, 4) is 0 Å². The lowest BCUT2D eigenvalue weighted by molar-refractivity contribution is 0.556. The van der Waals surface area contributed by atoms with E-state index in [0.29, 0.717) is 0 Å². The molecule has 3 rings (SSSR count). The average Bonchev–Trinajstić information content (AvgIpc) is 3.02. The fraction of sp³-hybridized carbons (Fsp3) is 0.500. The Hall–Kier alpha value is -1.60. The molecule has 0 unspecified atom stereocenters. The van der Waals surface area contributed by atoms with Crippen LogP contribution in [0, 0.1) is 0 Å². The van der Waals surface area contributed by atoms with E-state index in [0.717, 1.165) is 32.4 Å². The molecule has 0 aromatic heterocycles. The zero-order valence-electron chi connectivity index (χ0n) is 10.1. The van der Waals surface area contributed by atoms with Crippen molar-refractivity contribution in [2.24, 2.45) is 4.99 Å². The molecule has 1 fully saturated rings. The van der Waals surface area contributed by atoms with Gasteiger partial charge in [0.2, 0.25) is 6.08 Å². The standard InChI is InChI=1S/C14H16N2O/c1-2-16-8-5-11-9-12(3-4-13(11)16)14(6-7-14)15-10-17/h3-4,9H,2,5-8H2,1H3. The highest BCUT2D eigenvalue weighted by Crippen LogP contribution is 2.50. The molecule has 1 aliphatic heterocycles. The van der Waals surface area contributed by atoms with E-state index in [2.05, 4.69) is 35.0 Å². The van der Waals surface area contributed by atoms with E-state index in [1.54, 1.807) is 6.08 Å². The van der Waals surface area contributed by atoms with Gasteiger partial charge in [-0.15, -0.1) is 0 Å². The van der Waals surface area contributed by atoms with Crippen molar-refractivity contribution in [1.82, 2.24) is 0 Å². The van der Waals surface area contributed by atoms with E-state index in [4.69, 9.17) is 0 Å². The van der Waals surface area contributed by atoms with Gasteiger partial charge in [0, 0.05) is 18.8 Å². The number of rotatable bonds is 3. The molecule has 1 aliphatic carbocycles.